The van der Waals surface area contributed by atoms with Crippen LogP contribution in [0.1, 0.15) is 5.56 Å². The fourth-order valence-corrected chi connectivity index (χ4v) is 2.28. The van der Waals surface area contributed by atoms with Gasteiger partial charge in [0, 0.05) is 24.3 Å². The van der Waals surface area contributed by atoms with E-state index in [0.29, 0.717) is 5.56 Å². The van der Waals surface area contributed by atoms with E-state index in [9.17, 15) is 0 Å². The first-order valence-electron chi connectivity index (χ1n) is 5.85. The lowest BCUT2D eigenvalue weighted by Crippen LogP contribution is -2.10. The van der Waals surface area contributed by atoms with Crippen molar-refractivity contribution < 1.29 is 0 Å². The van der Waals surface area contributed by atoms with Gasteiger partial charge in [0.05, 0.1) is 16.9 Å². The second kappa shape index (κ2) is 5.77. The second-order valence-electron chi connectivity index (χ2n) is 4.34. The van der Waals surface area contributed by atoms with Gasteiger partial charge in [0.25, 0.3) is 0 Å². The Morgan fingerprint density at radius 3 is 2.53 bits per heavy atom. The summed E-state index contributed by atoms with van der Waals surface area (Å²) in [7, 11) is 4.02. The Balaban J connectivity index is 2.32. The monoisotopic (exact) mass is 315 g/mol. The molecule has 96 valence electrons. The van der Waals surface area contributed by atoms with Crippen molar-refractivity contribution in [3.63, 3.8) is 0 Å². The predicted octanol–water partition coefficient (Wildman–Crippen LogP) is 4.13. The largest absolute Gasteiger partial charge is 0.376 e. The number of nitrogens with zero attached hydrogens (tertiary/aromatic N) is 2. The van der Waals surface area contributed by atoms with Crippen molar-refractivity contribution in [2.45, 2.75) is 0 Å². The van der Waals surface area contributed by atoms with Gasteiger partial charge in [0.15, 0.2) is 0 Å². The average Bonchev–Trinajstić information content (AvgIpc) is 2.39. The summed E-state index contributed by atoms with van der Waals surface area (Å²) < 4.78 is 0.794. The summed E-state index contributed by atoms with van der Waals surface area (Å²) in [6, 6.07) is 15.8. The number of benzene rings is 2. The number of para-hydroxylation sites is 2. The first-order chi connectivity index (χ1) is 9.11. The van der Waals surface area contributed by atoms with E-state index in [4.69, 9.17) is 5.26 Å². The van der Waals surface area contributed by atoms with Gasteiger partial charge in [-0.15, -0.1) is 0 Å². The molecule has 0 spiro atoms. The quantitative estimate of drug-likeness (QED) is 0.925. The second-order valence-corrected chi connectivity index (χ2v) is 5.20. The van der Waals surface area contributed by atoms with E-state index >= 15 is 0 Å². The van der Waals surface area contributed by atoms with Crippen LogP contribution in [0.5, 0.6) is 0 Å². The number of halogens is 1. The van der Waals surface area contributed by atoms with Gasteiger partial charge in [-0.2, -0.15) is 5.26 Å². The molecule has 0 radical (unpaired) electrons. The van der Waals surface area contributed by atoms with Crippen LogP contribution >= 0.6 is 15.9 Å². The first-order valence-corrected chi connectivity index (χ1v) is 6.64. The zero-order valence-corrected chi connectivity index (χ0v) is 12.4. The first kappa shape index (κ1) is 13.4. The van der Waals surface area contributed by atoms with Crippen LogP contribution in [0.2, 0.25) is 0 Å². The zero-order valence-electron chi connectivity index (χ0n) is 10.8. The molecule has 0 aliphatic carbocycles. The van der Waals surface area contributed by atoms with Crippen LogP contribution in [0.3, 0.4) is 0 Å². The molecule has 2 rings (SSSR count). The summed E-state index contributed by atoms with van der Waals surface area (Å²) in [6.07, 6.45) is 0. The third-order valence-corrected chi connectivity index (χ3v) is 3.41. The lowest BCUT2D eigenvalue weighted by molar-refractivity contribution is 1.13. The molecule has 2 aromatic rings. The maximum absolute atomic E-state index is 8.91. The van der Waals surface area contributed by atoms with E-state index in [2.05, 4.69) is 38.3 Å². The van der Waals surface area contributed by atoms with Crippen LogP contribution in [0.25, 0.3) is 0 Å². The van der Waals surface area contributed by atoms with E-state index < -0.39 is 0 Å². The number of nitrogens with one attached hydrogen (secondary N) is 1. The molecule has 0 saturated carbocycles. The highest BCUT2D eigenvalue weighted by Crippen LogP contribution is 2.29. The molecule has 0 atom stereocenters. The van der Waals surface area contributed by atoms with Crippen LogP contribution in [0, 0.1) is 11.3 Å². The summed E-state index contributed by atoms with van der Waals surface area (Å²) in [6.45, 7) is 0. The Morgan fingerprint density at radius 1 is 1.16 bits per heavy atom. The van der Waals surface area contributed by atoms with Gasteiger partial charge in [-0.3, -0.25) is 0 Å². The van der Waals surface area contributed by atoms with Crippen LogP contribution in [0.4, 0.5) is 17.1 Å². The van der Waals surface area contributed by atoms with Crippen molar-refractivity contribution in [2.24, 2.45) is 0 Å². The highest BCUT2D eigenvalue weighted by Gasteiger charge is 2.05. The number of anilines is 3. The van der Waals surface area contributed by atoms with Gasteiger partial charge >= 0.3 is 0 Å². The summed E-state index contributed by atoms with van der Waals surface area (Å²) in [5, 5.41) is 12.3. The maximum Gasteiger partial charge on any atom is 0.100 e. The lowest BCUT2D eigenvalue weighted by atomic mass is 10.2. The zero-order chi connectivity index (χ0) is 13.8. The van der Waals surface area contributed by atoms with E-state index in [0.717, 1.165) is 21.5 Å². The molecule has 0 unspecified atom stereocenters. The minimum Gasteiger partial charge on any atom is -0.376 e. The SMILES string of the molecule is CN(C)c1ccccc1Nc1ccc(C#N)c(Br)c1. The molecule has 0 heterocycles. The summed E-state index contributed by atoms with van der Waals surface area (Å²) in [5.41, 5.74) is 3.72. The average molecular weight is 316 g/mol. The minimum absolute atomic E-state index is 0.631. The smallest absolute Gasteiger partial charge is 0.100 e. The van der Waals surface area contributed by atoms with Crippen LogP contribution in [-0.2, 0) is 0 Å². The van der Waals surface area contributed by atoms with Crippen LogP contribution in [0.15, 0.2) is 46.9 Å². The summed E-state index contributed by atoms with van der Waals surface area (Å²) >= 11 is 3.40. The van der Waals surface area contributed by atoms with E-state index in [-0.39, 0.29) is 0 Å². The van der Waals surface area contributed by atoms with Gasteiger partial charge < -0.3 is 10.2 Å². The molecule has 0 aliphatic heterocycles. The van der Waals surface area contributed by atoms with Gasteiger partial charge in [-0.25, -0.2) is 0 Å². The van der Waals surface area contributed by atoms with Crippen molar-refractivity contribution in [2.75, 3.05) is 24.3 Å². The fourth-order valence-electron chi connectivity index (χ4n) is 1.81. The molecule has 0 aliphatic rings. The maximum atomic E-state index is 8.91. The van der Waals surface area contributed by atoms with Gasteiger partial charge in [-0.05, 0) is 46.3 Å². The van der Waals surface area contributed by atoms with Gasteiger partial charge in [0.2, 0.25) is 0 Å². The Kier molecular flexibility index (Phi) is 4.08. The van der Waals surface area contributed by atoms with E-state index in [1.54, 1.807) is 6.07 Å². The molecular weight excluding hydrogens is 302 g/mol. The molecule has 2 aromatic carbocycles. The predicted molar refractivity (Wildman–Crippen MR) is 82.9 cm³/mol. The highest BCUT2D eigenvalue weighted by molar-refractivity contribution is 9.10. The number of rotatable bonds is 3. The van der Waals surface area contributed by atoms with E-state index in [1.165, 1.54) is 0 Å². The standard InChI is InChI=1S/C15H14BrN3/c1-19(2)15-6-4-3-5-14(15)18-12-8-7-11(10-17)13(16)9-12/h3-9,18H,1-2H3. The fraction of sp³-hybridized carbons (Fsp3) is 0.133. The van der Waals surface area contributed by atoms with Crippen molar-refractivity contribution in [1.82, 2.24) is 0 Å². The Hall–Kier alpha value is -1.99. The number of nitriles is 1. The molecule has 0 bridgehead atoms. The lowest BCUT2D eigenvalue weighted by Gasteiger charge is -2.18. The number of hydrogen-bond donors (Lipinski definition) is 1. The van der Waals surface area contributed by atoms with Crippen molar-refractivity contribution in [3.8, 4) is 6.07 Å². The van der Waals surface area contributed by atoms with Crippen molar-refractivity contribution in [3.05, 3.63) is 52.5 Å². The van der Waals surface area contributed by atoms with Crippen LogP contribution < -0.4 is 10.2 Å². The molecule has 0 aromatic heterocycles. The summed E-state index contributed by atoms with van der Waals surface area (Å²) in [5.74, 6) is 0. The Bertz CT molecular complexity index is 630. The third kappa shape index (κ3) is 3.07. The molecule has 1 N–H and O–H groups in total. The minimum atomic E-state index is 0.631. The molecule has 19 heavy (non-hydrogen) atoms. The molecule has 4 heteroatoms. The Labute approximate surface area is 121 Å². The molecule has 0 amide bonds. The number of hydrogen-bond acceptors (Lipinski definition) is 3. The normalized spacial score (nSPS) is 9.79. The topological polar surface area (TPSA) is 39.1 Å². The van der Waals surface area contributed by atoms with Gasteiger partial charge in [-0.1, -0.05) is 12.1 Å². The Morgan fingerprint density at radius 2 is 1.89 bits per heavy atom. The molecule has 0 fully saturated rings. The van der Waals surface area contributed by atoms with Gasteiger partial charge in [0.1, 0.15) is 6.07 Å². The molecule has 0 saturated heterocycles. The molecular formula is C15H14BrN3. The highest BCUT2D eigenvalue weighted by atomic mass is 79.9. The third-order valence-electron chi connectivity index (χ3n) is 2.75. The molecule has 3 nitrogen and oxygen atoms in total. The van der Waals surface area contributed by atoms with E-state index in [1.807, 2.05) is 44.4 Å². The summed E-state index contributed by atoms with van der Waals surface area (Å²) in [4.78, 5) is 2.06. The van der Waals surface area contributed by atoms with Crippen molar-refractivity contribution in [1.29, 1.82) is 5.26 Å². The van der Waals surface area contributed by atoms with Crippen molar-refractivity contribution >= 4 is 33.0 Å². The van der Waals surface area contributed by atoms with Crippen LogP contribution in [-0.4, -0.2) is 14.1 Å².